The molecule has 3 N–H and O–H groups in total. The van der Waals surface area contributed by atoms with Crippen LogP contribution in [0.1, 0.15) is 18.4 Å². The highest BCUT2D eigenvalue weighted by Crippen LogP contribution is 2.30. The van der Waals surface area contributed by atoms with E-state index >= 15 is 0 Å². The van der Waals surface area contributed by atoms with Gasteiger partial charge in [-0.15, -0.1) is 0 Å². The Balaban J connectivity index is 1.91. The fraction of sp³-hybridized carbons (Fsp3) is 0.385. The molecular formula is C13H17N3O2. The van der Waals surface area contributed by atoms with Crippen molar-refractivity contribution in [2.75, 3.05) is 12.4 Å². The predicted molar refractivity (Wildman–Crippen MR) is 69.1 cm³/mol. The van der Waals surface area contributed by atoms with Crippen LogP contribution in [0.4, 0.5) is 10.5 Å². The normalized spacial score (nSPS) is 13.8. The average molecular weight is 247 g/mol. The van der Waals surface area contributed by atoms with Gasteiger partial charge in [0.05, 0.1) is 0 Å². The lowest BCUT2D eigenvalue weighted by Crippen LogP contribution is -2.32. The number of hydrogen-bond donors (Lipinski definition) is 3. The summed E-state index contributed by atoms with van der Waals surface area (Å²) in [6, 6.07) is 7.27. The van der Waals surface area contributed by atoms with Crippen LogP contribution in [0, 0.1) is 5.92 Å². The van der Waals surface area contributed by atoms with Gasteiger partial charge in [0.25, 0.3) is 0 Å². The van der Waals surface area contributed by atoms with Crippen molar-refractivity contribution in [3.05, 3.63) is 29.8 Å². The Kier molecular flexibility index (Phi) is 3.82. The van der Waals surface area contributed by atoms with E-state index in [-0.39, 0.29) is 17.9 Å². The average Bonchev–Trinajstić information content (AvgIpc) is 3.20. The summed E-state index contributed by atoms with van der Waals surface area (Å²) in [6.45, 7) is 0.437. The highest BCUT2D eigenvalue weighted by atomic mass is 16.2. The monoisotopic (exact) mass is 247 g/mol. The quantitative estimate of drug-likeness (QED) is 0.754. The van der Waals surface area contributed by atoms with E-state index in [4.69, 9.17) is 0 Å². The molecule has 5 heteroatoms. The molecule has 3 amide bonds. The van der Waals surface area contributed by atoms with Gasteiger partial charge in [-0.3, -0.25) is 4.79 Å². The van der Waals surface area contributed by atoms with Crippen LogP contribution < -0.4 is 16.0 Å². The minimum Gasteiger partial charge on any atom is -0.341 e. The number of anilines is 1. The standard InChI is InChI=1S/C13H17N3O2/c1-14-13(18)15-8-9-3-2-4-11(7-9)16-12(17)10-5-6-10/h2-4,7,10H,5-6,8H2,1H3,(H,16,17)(H2,14,15,18). The summed E-state index contributed by atoms with van der Waals surface area (Å²) in [5.74, 6) is 0.282. The van der Waals surface area contributed by atoms with Gasteiger partial charge in [-0.25, -0.2) is 4.79 Å². The minimum atomic E-state index is -0.220. The number of hydrogen-bond acceptors (Lipinski definition) is 2. The first kappa shape index (κ1) is 12.4. The summed E-state index contributed by atoms with van der Waals surface area (Å²) >= 11 is 0. The van der Waals surface area contributed by atoms with Gasteiger partial charge in [-0.05, 0) is 30.5 Å². The first-order chi connectivity index (χ1) is 8.69. The second-order valence-corrected chi connectivity index (χ2v) is 4.40. The molecule has 0 bridgehead atoms. The lowest BCUT2D eigenvalue weighted by molar-refractivity contribution is -0.117. The molecule has 96 valence electrons. The number of benzene rings is 1. The van der Waals surface area contributed by atoms with Crippen LogP contribution in [-0.4, -0.2) is 19.0 Å². The van der Waals surface area contributed by atoms with Crippen LogP contribution in [0.3, 0.4) is 0 Å². The minimum absolute atomic E-state index is 0.0893. The number of nitrogens with one attached hydrogen (secondary N) is 3. The van der Waals surface area contributed by atoms with Gasteiger partial charge >= 0.3 is 6.03 Å². The Hall–Kier alpha value is -2.04. The summed E-state index contributed by atoms with van der Waals surface area (Å²) < 4.78 is 0. The molecule has 1 aliphatic rings. The number of amides is 3. The first-order valence-electron chi connectivity index (χ1n) is 6.04. The Morgan fingerprint density at radius 3 is 2.78 bits per heavy atom. The molecule has 0 radical (unpaired) electrons. The van der Waals surface area contributed by atoms with Gasteiger partial charge in [0, 0.05) is 25.2 Å². The van der Waals surface area contributed by atoms with E-state index in [9.17, 15) is 9.59 Å². The molecule has 1 aromatic rings. The van der Waals surface area contributed by atoms with Gasteiger partial charge in [0.15, 0.2) is 0 Å². The molecule has 0 heterocycles. The fourth-order valence-corrected chi connectivity index (χ4v) is 1.62. The molecule has 2 rings (SSSR count). The van der Waals surface area contributed by atoms with Crippen LogP contribution in [0.2, 0.25) is 0 Å². The third-order valence-electron chi connectivity index (χ3n) is 2.82. The van der Waals surface area contributed by atoms with E-state index in [1.807, 2.05) is 24.3 Å². The summed E-state index contributed by atoms with van der Waals surface area (Å²) in [6.07, 6.45) is 1.98. The van der Waals surface area contributed by atoms with E-state index in [2.05, 4.69) is 16.0 Å². The summed E-state index contributed by atoms with van der Waals surface area (Å²) in [5.41, 5.74) is 1.73. The first-order valence-corrected chi connectivity index (χ1v) is 6.04. The largest absolute Gasteiger partial charge is 0.341 e. The van der Waals surface area contributed by atoms with E-state index in [0.29, 0.717) is 6.54 Å². The van der Waals surface area contributed by atoms with Crippen molar-refractivity contribution in [1.82, 2.24) is 10.6 Å². The molecule has 1 aromatic carbocycles. The van der Waals surface area contributed by atoms with Crippen molar-refractivity contribution in [3.63, 3.8) is 0 Å². The maximum atomic E-state index is 11.6. The zero-order chi connectivity index (χ0) is 13.0. The second-order valence-electron chi connectivity index (χ2n) is 4.40. The lowest BCUT2D eigenvalue weighted by Gasteiger charge is -2.08. The maximum absolute atomic E-state index is 11.6. The molecule has 0 saturated heterocycles. The van der Waals surface area contributed by atoms with Crippen LogP contribution >= 0.6 is 0 Å². The number of rotatable bonds is 4. The molecule has 0 aliphatic heterocycles. The molecule has 0 spiro atoms. The zero-order valence-corrected chi connectivity index (χ0v) is 10.3. The molecule has 1 saturated carbocycles. The Labute approximate surface area is 106 Å². The smallest absolute Gasteiger partial charge is 0.314 e. The molecular weight excluding hydrogens is 230 g/mol. The van der Waals surface area contributed by atoms with Gasteiger partial charge < -0.3 is 16.0 Å². The van der Waals surface area contributed by atoms with Gasteiger partial charge in [0.2, 0.25) is 5.91 Å². The third kappa shape index (κ3) is 3.48. The van der Waals surface area contributed by atoms with E-state index < -0.39 is 0 Å². The van der Waals surface area contributed by atoms with Gasteiger partial charge in [0.1, 0.15) is 0 Å². The summed E-state index contributed by atoms with van der Waals surface area (Å²) in [7, 11) is 1.57. The zero-order valence-electron chi connectivity index (χ0n) is 10.3. The summed E-state index contributed by atoms with van der Waals surface area (Å²) in [5, 5.41) is 8.07. The summed E-state index contributed by atoms with van der Waals surface area (Å²) in [4.78, 5) is 22.7. The maximum Gasteiger partial charge on any atom is 0.314 e. The van der Waals surface area contributed by atoms with Crippen molar-refractivity contribution in [3.8, 4) is 0 Å². The molecule has 5 nitrogen and oxygen atoms in total. The molecule has 1 fully saturated rings. The van der Waals surface area contributed by atoms with Crippen LogP contribution in [0.5, 0.6) is 0 Å². The van der Waals surface area contributed by atoms with Crippen LogP contribution in [-0.2, 0) is 11.3 Å². The molecule has 0 unspecified atom stereocenters. The lowest BCUT2D eigenvalue weighted by atomic mass is 10.2. The molecule has 1 aliphatic carbocycles. The van der Waals surface area contributed by atoms with Crippen LogP contribution in [0.25, 0.3) is 0 Å². The van der Waals surface area contributed by atoms with Crippen molar-refractivity contribution in [2.24, 2.45) is 5.92 Å². The van der Waals surface area contributed by atoms with Crippen molar-refractivity contribution in [2.45, 2.75) is 19.4 Å². The van der Waals surface area contributed by atoms with Crippen LogP contribution in [0.15, 0.2) is 24.3 Å². The van der Waals surface area contributed by atoms with Crippen molar-refractivity contribution < 1.29 is 9.59 Å². The molecule has 0 atom stereocenters. The highest BCUT2D eigenvalue weighted by molar-refractivity contribution is 5.94. The Morgan fingerprint density at radius 2 is 2.11 bits per heavy atom. The Morgan fingerprint density at radius 1 is 1.33 bits per heavy atom. The van der Waals surface area contributed by atoms with Gasteiger partial charge in [-0.1, -0.05) is 12.1 Å². The third-order valence-corrected chi connectivity index (χ3v) is 2.82. The highest BCUT2D eigenvalue weighted by Gasteiger charge is 2.29. The number of carbonyl (C=O) groups excluding carboxylic acids is 2. The number of urea groups is 1. The van der Waals surface area contributed by atoms with E-state index in [1.54, 1.807) is 7.05 Å². The van der Waals surface area contributed by atoms with Crippen molar-refractivity contribution >= 4 is 17.6 Å². The van der Waals surface area contributed by atoms with Gasteiger partial charge in [-0.2, -0.15) is 0 Å². The SMILES string of the molecule is CNC(=O)NCc1cccc(NC(=O)C2CC2)c1. The van der Waals surface area contributed by atoms with E-state index in [0.717, 1.165) is 24.1 Å². The molecule has 0 aromatic heterocycles. The predicted octanol–water partition coefficient (Wildman–Crippen LogP) is 1.46. The fourth-order valence-electron chi connectivity index (χ4n) is 1.62. The topological polar surface area (TPSA) is 70.2 Å². The van der Waals surface area contributed by atoms with E-state index in [1.165, 1.54) is 0 Å². The second kappa shape index (κ2) is 5.53. The van der Waals surface area contributed by atoms with Crippen molar-refractivity contribution in [1.29, 1.82) is 0 Å². The Bertz CT molecular complexity index is 455. The number of carbonyl (C=O) groups is 2. The molecule has 18 heavy (non-hydrogen) atoms.